The number of benzene rings is 1. The molecular formula is C24H26ClN3O3. The summed E-state index contributed by atoms with van der Waals surface area (Å²) in [6.07, 6.45) is 7.26. The first-order valence-electron chi connectivity index (χ1n) is 11.1. The molecule has 162 valence electrons. The smallest absolute Gasteiger partial charge is 0.254 e. The number of carbonyl (C=O) groups is 2. The van der Waals surface area contributed by atoms with Crippen LogP contribution in [0.3, 0.4) is 0 Å². The Morgan fingerprint density at radius 1 is 1.06 bits per heavy atom. The van der Waals surface area contributed by atoms with Crippen LogP contribution in [0.25, 0.3) is 0 Å². The van der Waals surface area contributed by atoms with Crippen molar-refractivity contribution in [3.05, 3.63) is 68.6 Å². The number of likely N-dealkylation sites (tertiary alicyclic amines) is 1. The Morgan fingerprint density at radius 3 is 2.65 bits per heavy atom. The molecule has 1 saturated heterocycles. The largest absolute Gasteiger partial charge is 0.336 e. The van der Waals surface area contributed by atoms with Gasteiger partial charge >= 0.3 is 0 Å². The van der Waals surface area contributed by atoms with Gasteiger partial charge in [0.25, 0.3) is 11.5 Å². The van der Waals surface area contributed by atoms with Crippen LogP contribution in [0.2, 0.25) is 5.02 Å². The van der Waals surface area contributed by atoms with E-state index in [2.05, 4.69) is 4.98 Å². The number of aromatic amines is 1. The average Bonchev–Trinajstić information content (AvgIpc) is 3.18. The summed E-state index contributed by atoms with van der Waals surface area (Å²) < 4.78 is 0. The van der Waals surface area contributed by atoms with Crippen LogP contribution in [0.5, 0.6) is 0 Å². The molecule has 2 aromatic rings. The van der Waals surface area contributed by atoms with E-state index >= 15 is 0 Å². The van der Waals surface area contributed by atoms with Crippen LogP contribution in [0.4, 0.5) is 0 Å². The third kappa shape index (κ3) is 3.67. The molecule has 1 aromatic carbocycles. The number of amides is 2. The van der Waals surface area contributed by atoms with Gasteiger partial charge in [0.2, 0.25) is 5.91 Å². The Kier molecular flexibility index (Phi) is 5.34. The number of carbonyl (C=O) groups excluding carboxylic acids is 2. The molecule has 1 aliphatic carbocycles. The molecule has 6 nitrogen and oxygen atoms in total. The van der Waals surface area contributed by atoms with Crippen LogP contribution in [0.15, 0.2) is 41.3 Å². The topological polar surface area (TPSA) is 73.5 Å². The summed E-state index contributed by atoms with van der Waals surface area (Å²) in [7, 11) is 0. The van der Waals surface area contributed by atoms with Crippen LogP contribution in [-0.2, 0) is 17.8 Å². The number of fused-ring (bicyclic) bond motifs is 2. The van der Waals surface area contributed by atoms with E-state index in [1.54, 1.807) is 35.4 Å². The Morgan fingerprint density at radius 2 is 1.84 bits per heavy atom. The Bertz CT molecular complexity index is 1060. The molecule has 0 spiro atoms. The van der Waals surface area contributed by atoms with Crippen molar-refractivity contribution in [1.82, 2.24) is 14.8 Å². The van der Waals surface area contributed by atoms with Crippen molar-refractivity contribution >= 4 is 23.4 Å². The van der Waals surface area contributed by atoms with Crippen LogP contribution >= 0.6 is 11.6 Å². The minimum absolute atomic E-state index is 0.0365. The predicted molar refractivity (Wildman–Crippen MR) is 118 cm³/mol. The van der Waals surface area contributed by atoms with Crippen molar-refractivity contribution in [1.29, 1.82) is 0 Å². The molecule has 2 aliphatic heterocycles. The maximum Gasteiger partial charge on any atom is 0.254 e. The highest BCUT2D eigenvalue weighted by Crippen LogP contribution is 2.41. The molecule has 3 aliphatic rings. The van der Waals surface area contributed by atoms with Crippen LogP contribution in [0.1, 0.15) is 53.6 Å². The number of halogens is 1. The second-order valence-electron chi connectivity index (χ2n) is 8.90. The van der Waals surface area contributed by atoms with Gasteiger partial charge in [0, 0.05) is 34.9 Å². The van der Waals surface area contributed by atoms with Gasteiger partial charge < -0.3 is 14.8 Å². The van der Waals surface area contributed by atoms with Gasteiger partial charge in [0.05, 0.1) is 6.54 Å². The molecule has 1 N–H and O–H groups in total. The standard InChI is InChI=1S/C24H26ClN3O3/c25-18-7-5-16(6-8-18)23(30)28-20-4-2-1-3-17(20)13-21(28)24(31)27-12-10-15-9-11-26-22(29)19(15)14-27/h5-9,11,17,20-21H,1-4,10,12-14H2,(H,26,29)/t17-,20-,21-/m0/s1. The van der Waals surface area contributed by atoms with E-state index in [-0.39, 0.29) is 23.4 Å². The number of pyridine rings is 1. The minimum Gasteiger partial charge on any atom is -0.336 e. The van der Waals surface area contributed by atoms with Gasteiger partial charge in [-0.3, -0.25) is 14.4 Å². The molecule has 31 heavy (non-hydrogen) atoms. The summed E-state index contributed by atoms with van der Waals surface area (Å²) in [5.74, 6) is 0.227. The minimum atomic E-state index is -0.472. The highest BCUT2D eigenvalue weighted by molar-refractivity contribution is 6.30. The molecule has 1 saturated carbocycles. The number of nitrogens with zero attached hydrogens (tertiary/aromatic N) is 2. The lowest BCUT2D eigenvalue weighted by molar-refractivity contribution is -0.136. The Balaban J connectivity index is 1.44. The molecule has 0 bridgehead atoms. The maximum atomic E-state index is 13.7. The third-order valence-electron chi connectivity index (χ3n) is 7.17. The fraction of sp³-hybridized carbons (Fsp3) is 0.458. The fourth-order valence-electron chi connectivity index (χ4n) is 5.60. The highest BCUT2D eigenvalue weighted by Gasteiger charge is 2.48. The number of nitrogens with one attached hydrogen (secondary N) is 1. The molecule has 0 unspecified atom stereocenters. The van der Waals surface area contributed by atoms with E-state index in [4.69, 9.17) is 11.6 Å². The van der Waals surface area contributed by atoms with E-state index in [0.717, 1.165) is 31.2 Å². The van der Waals surface area contributed by atoms with E-state index in [1.807, 2.05) is 11.0 Å². The quantitative estimate of drug-likeness (QED) is 0.779. The van der Waals surface area contributed by atoms with Crippen molar-refractivity contribution in [2.45, 2.75) is 57.2 Å². The molecule has 2 amide bonds. The molecule has 0 radical (unpaired) electrons. The van der Waals surface area contributed by atoms with Gasteiger partial charge in [0.15, 0.2) is 0 Å². The lowest BCUT2D eigenvalue weighted by Crippen LogP contribution is -2.52. The predicted octanol–water partition coefficient (Wildman–Crippen LogP) is 3.39. The zero-order valence-corrected chi connectivity index (χ0v) is 18.1. The fourth-order valence-corrected chi connectivity index (χ4v) is 5.72. The second kappa shape index (κ2) is 8.15. The van der Waals surface area contributed by atoms with Crippen molar-refractivity contribution in [3.8, 4) is 0 Å². The third-order valence-corrected chi connectivity index (χ3v) is 7.42. The summed E-state index contributed by atoms with van der Waals surface area (Å²) in [6.45, 7) is 0.878. The summed E-state index contributed by atoms with van der Waals surface area (Å²) in [5, 5.41) is 0.582. The number of rotatable bonds is 2. The lowest BCUT2D eigenvalue weighted by Gasteiger charge is -2.36. The first-order valence-corrected chi connectivity index (χ1v) is 11.5. The monoisotopic (exact) mass is 439 g/mol. The zero-order valence-electron chi connectivity index (χ0n) is 17.4. The van der Waals surface area contributed by atoms with E-state index < -0.39 is 6.04 Å². The van der Waals surface area contributed by atoms with Gasteiger partial charge in [0.1, 0.15) is 6.04 Å². The van der Waals surface area contributed by atoms with Crippen LogP contribution < -0.4 is 5.56 Å². The van der Waals surface area contributed by atoms with Crippen molar-refractivity contribution in [2.75, 3.05) is 6.54 Å². The van der Waals surface area contributed by atoms with E-state index in [9.17, 15) is 14.4 Å². The Labute approximate surface area is 186 Å². The summed E-state index contributed by atoms with van der Waals surface area (Å²) in [4.78, 5) is 45.8. The normalized spacial score (nSPS) is 25.1. The molecule has 3 atom stereocenters. The summed E-state index contributed by atoms with van der Waals surface area (Å²) in [5.41, 5.74) is 2.09. The molecule has 7 heteroatoms. The second-order valence-corrected chi connectivity index (χ2v) is 9.34. The van der Waals surface area contributed by atoms with Gasteiger partial charge in [-0.1, -0.05) is 24.4 Å². The lowest BCUT2D eigenvalue weighted by atomic mass is 9.84. The maximum absolute atomic E-state index is 13.7. The van der Waals surface area contributed by atoms with Crippen molar-refractivity contribution < 1.29 is 9.59 Å². The van der Waals surface area contributed by atoms with E-state index in [0.29, 0.717) is 48.0 Å². The SMILES string of the molecule is O=C([C@@H]1C[C@@H]2CCCC[C@@H]2N1C(=O)c1ccc(Cl)cc1)N1CCc2cc[nH]c(=O)c2C1. The van der Waals surface area contributed by atoms with E-state index in [1.165, 1.54) is 0 Å². The summed E-state index contributed by atoms with van der Waals surface area (Å²) >= 11 is 6.01. The van der Waals surface area contributed by atoms with Gasteiger partial charge in [-0.05, 0) is 67.5 Å². The molecular weight excluding hydrogens is 414 g/mol. The number of hydrogen-bond donors (Lipinski definition) is 1. The van der Waals surface area contributed by atoms with Gasteiger partial charge in [-0.25, -0.2) is 0 Å². The average molecular weight is 440 g/mol. The number of H-pyrrole nitrogens is 1. The summed E-state index contributed by atoms with van der Waals surface area (Å²) in [6, 6.07) is 8.45. The first-order chi connectivity index (χ1) is 15.0. The molecule has 3 heterocycles. The first kappa shape index (κ1) is 20.3. The van der Waals surface area contributed by atoms with Gasteiger partial charge in [-0.2, -0.15) is 0 Å². The van der Waals surface area contributed by atoms with Crippen LogP contribution in [-0.4, -0.2) is 45.2 Å². The Hall–Kier alpha value is -2.60. The van der Waals surface area contributed by atoms with Crippen molar-refractivity contribution in [3.63, 3.8) is 0 Å². The molecule has 2 fully saturated rings. The van der Waals surface area contributed by atoms with Crippen LogP contribution in [0, 0.1) is 5.92 Å². The highest BCUT2D eigenvalue weighted by atomic mass is 35.5. The number of aromatic nitrogens is 1. The number of hydrogen-bond acceptors (Lipinski definition) is 3. The molecule has 5 rings (SSSR count). The zero-order chi connectivity index (χ0) is 21.5. The van der Waals surface area contributed by atoms with Crippen molar-refractivity contribution in [2.24, 2.45) is 5.92 Å². The molecule has 1 aromatic heterocycles. The van der Waals surface area contributed by atoms with Gasteiger partial charge in [-0.15, -0.1) is 0 Å².